The minimum atomic E-state index is -0.609. The van der Waals surface area contributed by atoms with Crippen molar-refractivity contribution in [3.05, 3.63) is 30.1 Å². The molecule has 1 aromatic heterocycles. The largest absolute Gasteiger partial charge is 0.389 e. The smallest absolute Gasteiger partial charge is 0.251 e. The van der Waals surface area contributed by atoms with Crippen molar-refractivity contribution in [1.29, 1.82) is 0 Å². The third-order valence-corrected chi connectivity index (χ3v) is 4.86. The number of amides is 1. The maximum atomic E-state index is 12.0. The topological polar surface area (TPSA) is 86.7 Å². The number of nitrogens with zero attached hydrogens (tertiary/aromatic N) is 2. The lowest BCUT2D eigenvalue weighted by atomic mass is 10.0. The minimum Gasteiger partial charge on any atom is -0.389 e. The molecule has 1 aromatic rings. The summed E-state index contributed by atoms with van der Waals surface area (Å²) in [5.74, 6) is -0.181. The Labute approximate surface area is 142 Å². The highest BCUT2D eigenvalue weighted by molar-refractivity contribution is 5.93. The number of piperidine rings is 1. The van der Waals surface area contributed by atoms with Crippen molar-refractivity contribution < 1.29 is 14.6 Å². The van der Waals surface area contributed by atoms with Gasteiger partial charge in [0.25, 0.3) is 5.91 Å². The average Bonchev–Trinajstić information content (AvgIpc) is 2.95. The number of aliphatic hydroxyl groups excluding tert-OH is 1. The number of ether oxygens (including phenoxy) is 1. The zero-order valence-corrected chi connectivity index (χ0v) is 14.0. The third kappa shape index (κ3) is 4.30. The molecule has 1 amide bonds. The molecule has 3 heterocycles. The fourth-order valence-electron chi connectivity index (χ4n) is 3.29. The Bertz CT molecular complexity index is 534. The van der Waals surface area contributed by atoms with Gasteiger partial charge in [-0.25, -0.2) is 0 Å². The van der Waals surface area contributed by atoms with Gasteiger partial charge in [0.15, 0.2) is 0 Å². The zero-order chi connectivity index (χ0) is 16.9. The van der Waals surface area contributed by atoms with Gasteiger partial charge in [-0.2, -0.15) is 0 Å². The van der Waals surface area contributed by atoms with E-state index < -0.39 is 6.10 Å². The minimum absolute atomic E-state index is 0.0683. The van der Waals surface area contributed by atoms with Crippen LogP contribution in [-0.2, 0) is 4.74 Å². The maximum Gasteiger partial charge on any atom is 0.251 e. The van der Waals surface area contributed by atoms with Crippen LogP contribution in [0.3, 0.4) is 0 Å². The van der Waals surface area contributed by atoms with Gasteiger partial charge in [-0.15, -0.1) is 0 Å². The second-order valence-electron chi connectivity index (χ2n) is 6.66. The molecular weight excluding hydrogens is 308 g/mol. The molecule has 0 aliphatic carbocycles. The van der Waals surface area contributed by atoms with Crippen LogP contribution in [-0.4, -0.2) is 78.5 Å². The van der Waals surface area contributed by atoms with Gasteiger partial charge in [0, 0.05) is 30.5 Å². The first-order valence-corrected chi connectivity index (χ1v) is 8.56. The third-order valence-electron chi connectivity index (χ3n) is 4.86. The molecule has 2 aliphatic rings. The standard InChI is InChI=1S/C17H26N4O3/c1-21-8-4-13(5-9-21)20-14-11-24-15(16(14)22)10-19-17(23)12-2-6-18-7-3-12/h2-3,6-7,13-16,20,22H,4-5,8-11H2,1H3,(H,19,23)/t14-,15-,16+/m1/s1. The van der Waals surface area contributed by atoms with Crippen LogP contribution in [0.4, 0.5) is 0 Å². The van der Waals surface area contributed by atoms with Gasteiger partial charge in [-0.3, -0.25) is 9.78 Å². The summed E-state index contributed by atoms with van der Waals surface area (Å²) in [4.78, 5) is 18.2. The van der Waals surface area contributed by atoms with Crippen molar-refractivity contribution in [3.63, 3.8) is 0 Å². The van der Waals surface area contributed by atoms with Gasteiger partial charge in [0.1, 0.15) is 6.10 Å². The Kier molecular flexibility index (Phi) is 5.78. The summed E-state index contributed by atoms with van der Waals surface area (Å²) in [6.45, 7) is 2.93. The van der Waals surface area contributed by atoms with Crippen molar-refractivity contribution in [2.45, 2.75) is 37.1 Å². The lowest BCUT2D eigenvalue weighted by molar-refractivity contribution is 0.0393. The van der Waals surface area contributed by atoms with E-state index in [9.17, 15) is 9.90 Å². The predicted molar refractivity (Wildman–Crippen MR) is 89.8 cm³/mol. The highest BCUT2D eigenvalue weighted by atomic mass is 16.5. The van der Waals surface area contributed by atoms with Gasteiger partial charge in [0.05, 0.1) is 18.8 Å². The molecular formula is C17H26N4O3. The van der Waals surface area contributed by atoms with E-state index in [0.717, 1.165) is 25.9 Å². The molecule has 0 saturated carbocycles. The van der Waals surface area contributed by atoms with Crippen LogP contribution in [0.25, 0.3) is 0 Å². The van der Waals surface area contributed by atoms with Crippen LogP contribution >= 0.6 is 0 Å². The van der Waals surface area contributed by atoms with Crippen molar-refractivity contribution in [1.82, 2.24) is 20.5 Å². The molecule has 3 atom stereocenters. The number of carbonyl (C=O) groups is 1. The highest BCUT2D eigenvalue weighted by Gasteiger charge is 2.37. The molecule has 2 saturated heterocycles. The highest BCUT2D eigenvalue weighted by Crippen LogP contribution is 2.17. The fourth-order valence-corrected chi connectivity index (χ4v) is 3.29. The number of carbonyl (C=O) groups excluding carboxylic acids is 1. The van der Waals surface area contributed by atoms with Crippen molar-refractivity contribution in [2.24, 2.45) is 0 Å². The van der Waals surface area contributed by atoms with E-state index in [1.807, 2.05) is 0 Å². The normalized spacial score (nSPS) is 28.8. The van der Waals surface area contributed by atoms with Crippen LogP contribution in [0.2, 0.25) is 0 Å². The maximum absolute atomic E-state index is 12.0. The summed E-state index contributed by atoms with van der Waals surface area (Å²) in [5.41, 5.74) is 0.554. The Morgan fingerprint density at radius 3 is 2.79 bits per heavy atom. The number of hydrogen-bond acceptors (Lipinski definition) is 6. The summed E-state index contributed by atoms with van der Waals surface area (Å²) >= 11 is 0. The summed E-state index contributed by atoms with van der Waals surface area (Å²) in [6.07, 6.45) is 4.35. The molecule has 3 N–H and O–H groups in total. The lowest BCUT2D eigenvalue weighted by Gasteiger charge is -2.32. The summed E-state index contributed by atoms with van der Waals surface area (Å²) in [7, 11) is 2.13. The van der Waals surface area contributed by atoms with Crippen molar-refractivity contribution >= 4 is 5.91 Å². The molecule has 2 fully saturated rings. The van der Waals surface area contributed by atoms with E-state index >= 15 is 0 Å². The van der Waals surface area contributed by atoms with Crippen molar-refractivity contribution in [2.75, 3.05) is 33.3 Å². The molecule has 7 heteroatoms. The zero-order valence-electron chi connectivity index (χ0n) is 14.0. The first-order chi connectivity index (χ1) is 11.6. The summed E-state index contributed by atoms with van der Waals surface area (Å²) < 4.78 is 5.68. The van der Waals surface area contributed by atoms with E-state index in [-0.39, 0.29) is 18.1 Å². The summed E-state index contributed by atoms with van der Waals surface area (Å²) in [6, 6.07) is 3.67. The molecule has 0 spiro atoms. The van der Waals surface area contributed by atoms with Gasteiger partial charge in [0.2, 0.25) is 0 Å². The van der Waals surface area contributed by atoms with Gasteiger partial charge in [-0.1, -0.05) is 0 Å². The second kappa shape index (κ2) is 8.02. The van der Waals surface area contributed by atoms with Crippen LogP contribution in [0, 0.1) is 0 Å². The van der Waals surface area contributed by atoms with Gasteiger partial charge >= 0.3 is 0 Å². The number of aromatic nitrogens is 1. The molecule has 0 unspecified atom stereocenters. The predicted octanol–water partition coefficient (Wildman–Crippen LogP) is -0.376. The Morgan fingerprint density at radius 2 is 2.08 bits per heavy atom. The quantitative estimate of drug-likeness (QED) is 0.681. The van der Waals surface area contributed by atoms with Crippen LogP contribution in [0.15, 0.2) is 24.5 Å². The van der Waals surface area contributed by atoms with E-state index in [0.29, 0.717) is 24.8 Å². The van der Waals surface area contributed by atoms with Crippen LogP contribution in [0.5, 0.6) is 0 Å². The number of rotatable bonds is 5. The molecule has 132 valence electrons. The Balaban J connectivity index is 1.44. The van der Waals surface area contributed by atoms with E-state index in [1.54, 1.807) is 24.5 Å². The van der Waals surface area contributed by atoms with E-state index in [2.05, 4.69) is 27.6 Å². The Hall–Kier alpha value is -1.54. The van der Waals surface area contributed by atoms with Crippen LogP contribution < -0.4 is 10.6 Å². The fraction of sp³-hybridized carbons (Fsp3) is 0.647. The molecule has 0 aromatic carbocycles. The van der Waals surface area contributed by atoms with E-state index in [1.165, 1.54) is 0 Å². The van der Waals surface area contributed by atoms with Gasteiger partial charge < -0.3 is 25.4 Å². The number of nitrogens with one attached hydrogen (secondary N) is 2. The van der Waals surface area contributed by atoms with E-state index in [4.69, 9.17) is 4.74 Å². The molecule has 2 aliphatic heterocycles. The SMILES string of the molecule is CN1CCC(N[C@@H]2CO[C@H](CNC(=O)c3ccncc3)[C@H]2O)CC1. The lowest BCUT2D eigenvalue weighted by Crippen LogP contribution is -2.51. The number of pyridine rings is 1. The average molecular weight is 334 g/mol. The van der Waals surface area contributed by atoms with Gasteiger partial charge in [-0.05, 0) is 45.1 Å². The Morgan fingerprint density at radius 1 is 1.38 bits per heavy atom. The second-order valence-corrected chi connectivity index (χ2v) is 6.66. The monoisotopic (exact) mass is 334 g/mol. The number of aliphatic hydroxyl groups is 1. The first-order valence-electron chi connectivity index (χ1n) is 8.56. The first kappa shape index (κ1) is 17.3. The summed E-state index contributed by atoms with van der Waals surface area (Å²) in [5, 5.41) is 16.8. The number of likely N-dealkylation sites (tertiary alicyclic amines) is 1. The number of hydrogen-bond donors (Lipinski definition) is 3. The molecule has 0 bridgehead atoms. The molecule has 7 nitrogen and oxygen atoms in total. The molecule has 3 rings (SSSR count). The van der Waals surface area contributed by atoms with Crippen molar-refractivity contribution in [3.8, 4) is 0 Å². The van der Waals surface area contributed by atoms with Crippen LogP contribution in [0.1, 0.15) is 23.2 Å². The molecule has 24 heavy (non-hydrogen) atoms. The molecule has 0 radical (unpaired) electrons.